The van der Waals surface area contributed by atoms with E-state index in [0.717, 1.165) is 11.6 Å². The molecular formula is C27H28F2N8O. The number of benzene rings is 2. The Morgan fingerprint density at radius 1 is 0.921 bits per heavy atom. The summed E-state index contributed by atoms with van der Waals surface area (Å²) < 4.78 is 28.5. The highest BCUT2D eigenvalue weighted by molar-refractivity contribution is 5.77. The minimum Gasteiger partial charge on any atom is -0.368 e. The first-order valence-electron chi connectivity index (χ1n) is 12.4. The average Bonchev–Trinajstić information content (AvgIpc) is 3.33. The predicted molar refractivity (Wildman–Crippen MR) is 140 cm³/mol. The zero-order chi connectivity index (χ0) is 26.6. The quantitative estimate of drug-likeness (QED) is 0.397. The molecule has 11 heteroatoms. The van der Waals surface area contributed by atoms with Gasteiger partial charge in [-0.05, 0) is 62.4 Å². The first kappa shape index (κ1) is 25.2. The van der Waals surface area contributed by atoms with Gasteiger partial charge in [0.25, 0.3) is 0 Å². The maximum Gasteiger partial charge on any atom is 0.244 e. The van der Waals surface area contributed by atoms with Gasteiger partial charge in [-0.15, -0.1) is 5.10 Å². The normalized spacial score (nSPS) is 13.7. The maximum atomic E-state index is 13.5. The number of aromatic nitrogens is 5. The van der Waals surface area contributed by atoms with Crippen LogP contribution >= 0.6 is 0 Å². The van der Waals surface area contributed by atoms with Gasteiger partial charge in [-0.2, -0.15) is 0 Å². The molecule has 1 aliphatic rings. The van der Waals surface area contributed by atoms with Crippen LogP contribution in [0, 0.1) is 11.6 Å². The summed E-state index contributed by atoms with van der Waals surface area (Å²) in [6.45, 7) is 6.38. The van der Waals surface area contributed by atoms with Crippen LogP contribution in [0.3, 0.4) is 0 Å². The SMILES string of the molecule is CC(C)Nc1cc(N2CCN(C(=O)Cn3nc(-c4ccc(F)cc4)nc3-c3ccc(F)cc3)CC2)ncn1. The van der Waals surface area contributed by atoms with Crippen molar-refractivity contribution in [3.05, 3.63) is 72.6 Å². The zero-order valence-electron chi connectivity index (χ0n) is 21.2. The molecule has 1 N–H and O–H groups in total. The third-order valence-corrected chi connectivity index (χ3v) is 6.21. The molecule has 2 aromatic heterocycles. The topological polar surface area (TPSA) is 92.1 Å². The first-order valence-corrected chi connectivity index (χ1v) is 12.4. The fourth-order valence-electron chi connectivity index (χ4n) is 4.29. The Morgan fingerprint density at radius 3 is 2.18 bits per heavy atom. The van der Waals surface area contributed by atoms with Crippen LogP contribution in [-0.4, -0.2) is 67.8 Å². The summed E-state index contributed by atoms with van der Waals surface area (Å²) in [5.41, 5.74) is 1.24. The molecule has 1 amide bonds. The van der Waals surface area contributed by atoms with E-state index in [1.807, 2.05) is 19.9 Å². The lowest BCUT2D eigenvalue weighted by Gasteiger charge is -2.35. The monoisotopic (exact) mass is 518 g/mol. The van der Waals surface area contributed by atoms with Crippen LogP contribution in [0.15, 0.2) is 60.9 Å². The Morgan fingerprint density at radius 2 is 1.55 bits per heavy atom. The molecule has 4 aromatic rings. The van der Waals surface area contributed by atoms with Gasteiger partial charge in [0.1, 0.15) is 36.1 Å². The van der Waals surface area contributed by atoms with Crippen LogP contribution < -0.4 is 10.2 Å². The predicted octanol–water partition coefficient (Wildman–Crippen LogP) is 3.85. The molecule has 0 radical (unpaired) electrons. The summed E-state index contributed by atoms with van der Waals surface area (Å²) in [6, 6.07) is 13.9. The number of hydrogen-bond acceptors (Lipinski definition) is 7. The first-order chi connectivity index (χ1) is 18.4. The number of nitrogens with zero attached hydrogens (tertiary/aromatic N) is 7. The maximum absolute atomic E-state index is 13.5. The smallest absolute Gasteiger partial charge is 0.244 e. The largest absolute Gasteiger partial charge is 0.368 e. The molecule has 1 aliphatic heterocycles. The number of rotatable bonds is 7. The third kappa shape index (κ3) is 5.77. The van der Waals surface area contributed by atoms with E-state index in [1.54, 1.807) is 29.2 Å². The van der Waals surface area contributed by atoms with Crippen LogP contribution in [0.4, 0.5) is 20.4 Å². The van der Waals surface area contributed by atoms with E-state index < -0.39 is 0 Å². The van der Waals surface area contributed by atoms with Crippen molar-refractivity contribution in [1.82, 2.24) is 29.6 Å². The molecule has 0 atom stereocenters. The Labute approximate surface area is 219 Å². The minimum atomic E-state index is -0.372. The lowest BCUT2D eigenvalue weighted by Crippen LogP contribution is -2.50. The molecule has 0 unspecified atom stereocenters. The van der Waals surface area contributed by atoms with Crippen molar-refractivity contribution in [2.75, 3.05) is 36.4 Å². The molecule has 1 fully saturated rings. The summed E-state index contributed by atoms with van der Waals surface area (Å²) in [4.78, 5) is 30.5. The summed E-state index contributed by atoms with van der Waals surface area (Å²) in [7, 11) is 0. The van der Waals surface area contributed by atoms with Crippen LogP contribution in [0.2, 0.25) is 0 Å². The van der Waals surface area contributed by atoms with Gasteiger partial charge in [-0.1, -0.05) is 0 Å². The van der Waals surface area contributed by atoms with Crippen molar-refractivity contribution in [3.63, 3.8) is 0 Å². The Bertz CT molecular complexity index is 1400. The minimum absolute atomic E-state index is 0.0309. The zero-order valence-corrected chi connectivity index (χ0v) is 21.2. The lowest BCUT2D eigenvalue weighted by atomic mass is 10.2. The molecule has 2 aromatic carbocycles. The molecule has 0 bridgehead atoms. The number of carbonyl (C=O) groups excluding carboxylic acids is 1. The van der Waals surface area contributed by atoms with Crippen LogP contribution in [0.1, 0.15) is 13.8 Å². The summed E-state index contributed by atoms with van der Waals surface area (Å²) in [5, 5.41) is 7.83. The van der Waals surface area contributed by atoms with E-state index in [4.69, 9.17) is 0 Å². The number of amides is 1. The summed E-state index contributed by atoms with van der Waals surface area (Å²) >= 11 is 0. The Balaban J connectivity index is 1.31. The van der Waals surface area contributed by atoms with Crippen molar-refractivity contribution >= 4 is 17.5 Å². The fourth-order valence-corrected chi connectivity index (χ4v) is 4.29. The van der Waals surface area contributed by atoms with Crippen molar-refractivity contribution < 1.29 is 13.6 Å². The average molecular weight is 519 g/mol. The molecule has 196 valence electrons. The van der Waals surface area contributed by atoms with Gasteiger partial charge < -0.3 is 15.1 Å². The molecule has 1 saturated heterocycles. The van der Waals surface area contributed by atoms with Gasteiger partial charge in [0.05, 0.1) is 0 Å². The second-order valence-electron chi connectivity index (χ2n) is 9.36. The van der Waals surface area contributed by atoms with Crippen LogP contribution in [0.25, 0.3) is 22.8 Å². The second-order valence-corrected chi connectivity index (χ2v) is 9.36. The van der Waals surface area contributed by atoms with Gasteiger partial charge >= 0.3 is 0 Å². The molecule has 5 rings (SSSR count). The van der Waals surface area contributed by atoms with E-state index in [9.17, 15) is 13.6 Å². The van der Waals surface area contributed by atoms with Crippen LogP contribution in [-0.2, 0) is 11.3 Å². The molecule has 38 heavy (non-hydrogen) atoms. The molecule has 0 aliphatic carbocycles. The molecule has 0 saturated carbocycles. The van der Waals surface area contributed by atoms with Crippen LogP contribution in [0.5, 0.6) is 0 Å². The van der Waals surface area contributed by atoms with Gasteiger partial charge in [-0.3, -0.25) is 4.79 Å². The highest BCUT2D eigenvalue weighted by Crippen LogP contribution is 2.24. The molecular weight excluding hydrogens is 490 g/mol. The number of halogens is 2. The number of piperazine rings is 1. The number of nitrogens with one attached hydrogen (secondary N) is 1. The Kier molecular flexibility index (Phi) is 7.25. The second kappa shape index (κ2) is 10.9. The van der Waals surface area contributed by atoms with Crippen molar-refractivity contribution in [2.24, 2.45) is 0 Å². The number of carbonyl (C=O) groups is 1. The summed E-state index contributed by atoms with van der Waals surface area (Å²) in [5.74, 6) is 1.53. The third-order valence-electron chi connectivity index (χ3n) is 6.21. The standard InChI is InChI=1S/C27H28F2N8O/c1-18(2)32-23-15-24(31-17-30-23)35-11-13-36(14-12-35)25(38)16-37-27(20-5-9-22(29)10-6-20)33-26(34-37)19-3-7-21(28)8-4-19/h3-10,15,17-18H,11-14,16H2,1-2H3,(H,30,31,32). The van der Waals surface area contributed by atoms with Gasteiger partial charge in [0.2, 0.25) is 5.91 Å². The van der Waals surface area contributed by atoms with E-state index in [2.05, 4.69) is 30.3 Å². The van der Waals surface area contributed by atoms with E-state index in [-0.39, 0.29) is 30.1 Å². The molecule has 9 nitrogen and oxygen atoms in total. The van der Waals surface area contributed by atoms with Gasteiger partial charge in [-0.25, -0.2) is 28.4 Å². The fraction of sp³-hybridized carbons (Fsp3) is 0.296. The number of hydrogen-bond donors (Lipinski definition) is 1. The van der Waals surface area contributed by atoms with E-state index in [0.29, 0.717) is 49.0 Å². The van der Waals surface area contributed by atoms with Crippen molar-refractivity contribution in [2.45, 2.75) is 26.4 Å². The lowest BCUT2D eigenvalue weighted by molar-refractivity contribution is -0.132. The Hall–Kier alpha value is -4.41. The highest BCUT2D eigenvalue weighted by Gasteiger charge is 2.24. The van der Waals surface area contributed by atoms with Crippen molar-refractivity contribution in [1.29, 1.82) is 0 Å². The van der Waals surface area contributed by atoms with Gasteiger partial charge in [0.15, 0.2) is 11.6 Å². The van der Waals surface area contributed by atoms with Crippen molar-refractivity contribution in [3.8, 4) is 22.8 Å². The highest BCUT2D eigenvalue weighted by atomic mass is 19.1. The molecule has 0 spiro atoms. The summed E-state index contributed by atoms with van der Waals surface area (Å²) in [6.07, 6.45) is 1.54. The van der Waals surface area contributed by atoms with E-state index >= 15 is 0 Å². The number of anilines is 2. The molecule has 3 heterocycles. The van der Waals surface area contributed by atoms with E-state index in [1.165, 1.54) is 35.3 Å². The van der Waals surface area contributed by atoms with Gasteiger partial charge in [0, 0.05) is 49.4 Å².